The van der Waals surface area contributed by atoms with E-state index in [1.54, 1.807) is 6.20 Å². The van der Waals surface area contributed by atoms with Crippen LogP contribution in [0.2, 0.25) is 0 Å². The van der Waals surface area contributed by atoms with Crippen LogP contribution in [0.5, 0.6) is 0 Å². The fourth-order valence-electron chi connectivity index (χ4n) is 4.39. The minimum absolute atomic E-state index is 0.382. The van der Waals surface area contributed by atoms with Gasteiger partial charge in [-0.1, -0.05) is 54.6 Å². The Morgan fingerprint density at radius 1 is 1.03 bits per heavy atom. The SMILES string of the molecule is Cc1ccn(-c2ccc(-c3ccc(C4(C(=O)O)CC4)cc3)nc2)c1NC(=O)OC(C)c1ccccc1. The molecular formula is C29H27N3O4. The summed E-state index contributed by atoms with van der Waals surface area (Å²) in [6, 6.07) is 22.9. The van der Waals surface area contributed by atoms with E-state index in [1.807, 2.05) is 97.4 Å². The molecule has 2 N–H and O–H groups in total. The van der Waals surface area contributed by atoms with Crippen LogP contribution in [-0.4, -0.2) is 26.7 Å². The number of carbonyl (C=O) groups is 2. The summed E-state index contributed by atoms with van der Waals surface area (Å²) in [4.78, 5) is 28.8. The summed E-state index contributed by atoms with van der Waals surface area (Å²) in [5.41, 5.74) is 4.41. The molecule has 0 radical (unpaired) electrons. The molecule has 36 heavy (non-hydrogen) atoms. The van der Waals surface area contributed by atoms with Crippen molar-refractivity contribution < 1.29 is 19.4 Å². The van der Waals surface area contributed by atoms with E-state index in [2.05, 4.69) is 10.3 Å². The molecule has 1 aliphatic rings. The number of benzene rings is 2. The first-order valence-corrected chi connectivity index (χ1v) is 11.9. The molecular weight excluding hydrogens is 454 g/mol. The Kier molecular flexibility index (Phi) is 6.06. The number of hydrogen-bond donors (Lipinski definition) is 2. The highest BCUT2D eigenvalue weighted by Gasteiger charge is 2.51. The zero-order chi connectivity index (χ0) is 25.3. The maximum absolute atomic E-state index is 12.6. The van der Waals surface area contributed by atoms with Crippen LogP contribution in [0.3, 0.4) is 0 Å². The molecule has 4 aromatic rings. The quantitative estimate of drug-likeness (QED) is 0.324. The van der Waals surface area contributed by atoms with E-state index in [0.717, 1.165) is 33.6 Å². The fraction of sp³-hybridized carbons (Fsp3) is 0.207. The Balaban J connectivity index is 1.30. The number of carbonyl (C=O) groups excluding carboxylic acids is 1. The third-order valence-corrected chi connectivity index (χ3v) is 6.78. The molecule has 2 aromatic heterocycles. The highest BCUT2D eigenvalue weighted by atomic mass is 16.6. The summed E-state index contributed by atoms with van der Waals surface area (Å²) in [5.74, 6) is -0.148. The van der Waals surface area contributed by atoms with Crippen molar-refractivity contribution in [1.29, 1.82) is 0 Å². The third kappa shape index (κ3) is 4.47. The summed E-state index contributed by atoms with van der Waals surface area (Å²) in [6.45, 7) is 3.75. The zero-order valence-electron chi connectivity index (χ0n) is 20.1. The largest absolute Gasteiger partial charge is 0.481 e. The number of rotatable bonds is 7. The second-order valence-electron chi connectivity index (χ2n) is 9.17. The lowest BCUT2D eigenvalue weighted by Gasteiger charge is -2.16. The molecule has 182 valence electrons. The number of ether oxygens (including phenoxy) is 1. The first kappa shape index (κ1) is 23.4. The third-order valence-electron chi connectivity index (χ3n) is 6.78. The molecule has 1 atom stereocenters. The maximum Gasteiger partial charge on any atom is 0.413 e. The smallest absolute Gasteiger partial charge is 0.413 e. The lowest BCUT2D eigenvalue weighted by Crippen LogP contribution is -2.19. The second-order valence-corrected chi connectivity index (χ2v) is 9.17. The number of hydrogen-bond acceptors (Lipinski definition) is 4. The Morgan fingerprint density at radius 2 is 1.75 bits per heavy atom. The van der Waals surface area contributed by atoms with Gasteiger partial charge >= 0.3 is 12.1 Å². The predicted molar refractivity (Wildman–Crippen MR) is 137 cm³/mol. The maximum atomic E-state index is 12.6. The standard InChI is InChI=1S/C29H27N3O4/c1-19-14-17-32(26(19)31-28(35)36-20(2)21-6-4-3-5-7-21)24-12-13-25(30-18-24)22-8-10-23(11-9-22)29(15-16-29)27(33)34/h3-14,17-18,20H,15-16H2,1-2H3,(H,31,35)(H,33,34). The van der Waals surface area contributed by atoms with E-state index < -0.39 is 17.5 Å². The fourth-order valence-corrected chi connectivity index (χ4v) is 4.39. The van der Waals surface area contributed by atoms with Crippen LogP contribution >= 0.6 is 0 Å². The molecule has 1 aliphatic carbocycles. The lowest BCUT2D eigenvalue weighted by atomic mass is 9.95. The van der Waals surface area contributed by atoms with Gasteiger partial charge in [0.05, 0.1) is 23.0 Å². The van der Waals surface area contributed by atoms with Crippen molar-refractivity contribution in [2.24, 2.45) is 0 Å². The van der Waals surface area contributed by atoms with Crippen molar-refractivity contribution >= 4 is 17.9 Å². The van der Waals surface area contributed by atoms with E-state index in [0.29, 0.717) is 18.7 Å². The average Bonchev–Trinajstić information content (AvgIpc) is 3.64. The Morgan fingerprint density at radius 3 is 2.36 bits per heavy atom. The van der Waals surface area contributed by atoms with Gasteiger partial charge in [0.1, 0.15) is 11.9 Å². The Labute approximate surface area is 209 Å². The van der Waals surface area contributed by atoms with Crippen molar-refractivity contribution in [3.63, 3.8) is 0 Å². The molecule has 0 bridgehead atoms. The molecule has 1 amide bonds. The first-order chi connectivity index (χ1) is 17.4. The van der Waals surface area contributed by atoms with Gasteiger partial charge in [-0.05, 0) is 61.6 Å². The molecule has 1 saturated carbocycles. The van der Waals surface area contributed by atoms with E-state index in [-0.39, 0.29) is 6.10 Å². The van der Waals surface area contributed by atoms with Crippen LogP contribution in [0.25, 0.3) is 16.9 Å². The van der Waals surface area contributed by atoms with E-state index in [4.69, 9.17) is 4.74 Å². The molecule has 7 nitrogen and oxygen atoms in total. The van der Waals surface area contributed by atoms with Gasteiger partial charge in [-0.15, -0.1) is 0 Å². The number of pyridine rings is 1. The van der Waals surface area contributed by atoms with Crippen LogP contribution in [0, 0.1) is 6.92 Å². The topological polar surface area (TPSA) is 93.5 Å². The molecule has 0 spiro atoms. The average molecular weight is 482 g/mol. The summed E-state index contributed by atoms with van der Waals surface area (Å²) in [6.07, 6.45) is 4.06. The first-order valence-electron chi connectivity index (χ1n) is 11.9. The molecule has 7 heteroatoms. The monoisotopic (exact) mass is 481 g/mol. The summed E-state index contributed by atoms with van der Waals surface area (Å²) < 4.78 is 7.42. The number of aromatic nitrogens is 2. The number of aryl methyl sites for hydroxylation is 1. The predicted octanol–water partition coefficient (Wildman–Crippen LogP) is 6.27. The Hall–Kier alpha value is -4.39. The number of anilines is 1. The normalized spacial score (nSPS) is 14.6. The number of carboxylic acids is 1. The van der Waals surface area contributed by atoms with Gasteiger partial charge in [-0.2, -0.15) is 0 Å². The molecule has 2 aromatic carbocycles. The molecule has 0 aliphatic heterocycles. The highest BCUT2D eigenvalue weighted by Crippen LogP contribution is 2.48. The minimum atomic E-state index is -0.762. The Bertz CT molecular complexity index is 1390. The number of nitrogens with one attached hydrogen (secondary N) is 1. The molecule has 5 rings (SSSR count). The van der Waals surface area contributed by atoms with E-state index >= 15 is 0 Å². The van der Waals surface area contributed by atoms with Gasteiger partial charge in [-0.3, -0.25) is 15.1 Å². The minimum Gasteiger partial charge on any atom is -0.481 e. The van der Waals surface area contributed by atoms with Crippen LogP contribution in [-0.2, 0) is 14.9 Å². The van der Waals surface area contributed by atoms with Crippen LogP contribution in [0.1, 0.15) is 42.6 Å². The van der Waals surface area contributed by atoms with Gasteiger partial charge in [0.15, 0.2) is 0 Å². The lowest BCUT2D eigenvalue weighted by molar-refractivity contribution is -0.140. The molecule has 2 heterocycles. The summed E-state index contributed by atoms with van der Waals surface area (Å²) >= 11 is 0. The van der Waals surface area contributed by atoms with Crippen LogP contribution in [0.4, 0.5) is 10.6 Å². The molecule has 1 fully saturated rings. The van der Waals surface area contributed by atoms with Crippen molar-refractivity contribution in [3.8, 4) is 16.9 Å². The van der Waals surface area contributed by atoms with Crippen molar-refractivity contribution in [2.45, 2.75) is 38.2 Å². The number of carboxylic acid groups (broad SMARTS) is 1. The zero-order valence-corrected chi connectivity index (χ0v) is 20.1. The number of nitrogens with zero attached hydrogens (tertiary/aromatic N) is 2. The van der Waals surface area contributed by atoms with Gasteiger partial charge in [0.25, 0.3) is 0 Å². The summed E-state index contributed by atoms with van der Waals surface area (Å²) in [7, 11) is 0. The molecule has 0 saturated heterocycles. The van der Waals surface area contributed by atoms with Gasteiger partial charge < -0.3 is 14.4 Å². The van der Waals surface area contributed by atoms with E-state index in [1.165, 1.54) is 0 Å². The van der Waals surface area contributed by atoms with Gasteiger partial charge in [-0.25, -0.2) is 4.79 Å². The molecule has 1 unspecified atom stereocenters. The van der Waals surface area contributed by atoms with Gasteiger partial charge in [0, 0.05) is 11.8 Å². The van der Waals surface area contributed by atoms with Gasteiger partial charge in [0.2, 0.25) is 0 Å². The van der Waals surface area contributed by atoms with E-state index in [9.17, 15) is 14.7 Å². The van der Waals surface area contributed by atoms with Crippen LogP contribution in [0.15, 0.2) is 85.2 Å². The summed E-state index contributed by atoms with van der Waals surface area (Å²) in [5, 5.41) is 12.4. The van der Waals surface area contributed by atoms with Crippen molar-refractivity contribution in [1.82, 2.24) is 9.55 Å². The van der Waals surface area contributed by atoms with Crippen molar-refractivity contribution in [3.05, 3.63) is 102 Å². The number of aliphatic carboxylic acids is 1. The number of amides is 1. The van der Waals surface area contributed by atoms with Crippen molar-refractivity contribution in [2.75, 3.05) is 5.32 Å². The highest BCUT2D eigenvalue weighted by molar-refractivity contribution is 5.86. The second kappa shape index (κ2) is 9.34. The van der Waals surface area contributed by atoms with Crippen LogP contribution < -0.4 is 5.32 Å².